The third kappa shape index (κ3) is 2.19. The molecule has 1 aliphatic carbocycles. The molecule has 0 aliphatic heterocycles. The van der Waals surface area contributed by atoms with Crippen LogP contribution < -0.4 is 4.90 Å². The molecule has 0 saturated heterocycles. The van der Waals surface area contributed by atoms with Crippen LogP contribution in [0.3, 0.4) is 0 Å². The molecule has 20 heavy (non-hydrogen) atoms. The lowest BCUT2D eigenvalue weighted by Gasteiger charge is -2.22. The number of carboxylic acids is 1. The molecule has 0 spiro atoms. The molecule has 4 nitrogen and oxygen atoms in total. The number of hydrogen-bond donors (Lipinski definition) is 1. The lowest BCUT2D eigenvalue weighted by molar-refractivity contribution is -0.137. The number of para-hydroxylation sites is 1. The SMILES string of the molecule is CC1(C)C(C(=O)N(CC(=O)O)c2ccccc2)C1(C)C. The first-order chi connectivity index (χ1) is 9.19. The van der Waals surface area contributed by atoms with Crippen LogP contribution in [0.1, 0.15) is 27.7 Å². The van der Waals surface area contributed by atoms with Crippen molar-refractivity contribution in [3.63, 3.8) is 0 Å². The Hall–Kier alpha value is -1.84. The molecule has 0 bridgehead atoms. The van der Waals surface area contributed by atoms with Gasteiger partial charge in [0.15, 0.2) is 0 Å². The summed E-state index contributed by atoms with van der Waals surface area (Å²) >= 11 is 0. The number of anilines is 1. The van der Waals surface area contributed by atoms with Gasteiger partial charge in [-0.25, -0.2) is 0 Å². The lowest BCUT2D eigenvalue weighted by Crippen LogP contribution is -2.38. The molecule has 1 aromatic carbocycles. The predicted molar refractivity (Wildman–Crippen MR) is 77.5 cm³/mol. The molecular formula is C16H21NO3. The first kappa shape index (κ1) is 14.6. The molecule has 4 heteroatoms. The van der Waals surface area contributed by atoms with E-state index >= 15 is 0 Å². The fraction of sp³-hybridized carbons (Fsp3) is 0.500. The van der Waals surface area contributed by atoms with E-state index in [0.29, 0.717) is 5.69 Å². The van der Waals surface area contributed by atoms with Crippen molar-refractivity contribution in [2.24, 2.45) is 16.7 Å². The Morgan fingerprint density at radius 1 is 1.10 bits per heavy atom. The van der Waals surface area contributed by atoms with E-state index in [1.54, 1.807) is 24.3 Å². The van der Waals surface area contributed by atoms with Crippen LogP contribution in [0.15, 0.2) is 30.3 Å². The summed E-state index contributed by atoms with van der Waals surface area (Å²) in [5.41, 5.74) is 0.434. The van der Waals surface area contributed by atoms with E-state index < -0.39 is 5.97 Å². The van der Waals surface area contributed by atoms with Gasteiger partial charge in [0.1, 0.15) is 6.54 Å². The molecule has 0 atom stereocenters. The van der Waals surface area contributed by atoms with Crippen molar-refractivity contribution in [2.45, 2.75) is 27.7 Å². The molecule has 1 amide bonds. The zero-order chi connectivity index (χ0) is 15.1. The minimum Gasteiger partial charge on any atom is -0.480 e. The van der Waals surface area contributed by atoms with Gasteiger partial charge in [-0.15, -0.1) is 0 Å². The summed E-state index contributed by atoms with van der Waals surface area (Å²) in [4.78, 5) is 25.2. The summed E-state index contributed by atoms with van der Waals surface area (Å²) in [5.74, 6) is -1.25. The van der Waals surface area contributed by atoms with Crippen LogP contribution >= 0.6 is 0 Å². The predicted octanol–water partition coefficient (Wildman–Crippen LogP) is 2.79. The minimum absolute atomic E-state index is 0.102. The fourth-order valence-corrected chi connectivity index (χ4v) is 3.01. The second-order valence-electron chi connectivity index (χ2n) is 6.53. The lowest BCUT2D eigenvalue weighted by atomic mass is 10.0. The Labute approximate surface area is 119 Å². The van der Waals surface area contributed by atoms with Crippen molar-refractivity contribution in [3.05, 3.63) is 30.3 Å². The highest BCUT2D eigenvalue weighted by molar-refractivity contribution is 6.01. The van der Waals surface area contributed by atoms with Gasteiger partial charge < -0.3 is 10.0 Å². The molecule has 1 aliphatic rings. The molecule has 1 aromatic rings. The zero-order valence-corrected chi connectivity index (χ0v) is 12.4. The number of aliphatic carboxylic acids is 1. The number of carbonyl (C=O) groups excluding carboxylic acids is 1. The second-order valence-corrected chi connectivity index (χ2v) is 6.53. The number of benzene rings is 1. The highest BCUT2D eigenvalue weighted by atomic mass is 16.4. The summed E-state index contributed by atoms with van der Waals surface area (Å²) in [7, 11) is 0. The summed E-state index contributed by atoms with van der Waals surface area (Å²) in [6, 6.07) is 8.99. The van der Waals surface area contributed by atoms with Crippen molar-refractivity contribution in [1.82, 2.24) is 0 Å². The van der Waals surface area contributed by atoms with E-state index in [4.69, 9.17) is 5.11 Å². The van der Waals surface area contributed by atoms with Crippen LogP contribution in [0.25, 0.3) is 0 Å². The standard InChI is InChI=1S/C16H21NO3/c1-15(2)13(16(15,3)4)14(20)17(10-12(18)19)11-8-6-5-7-9-11/h5-9,13H,10H2,1-4H3,(H,18,19). The van der Waals surface area contributed by atoms with E-state index in [9.17, 15) is 9.59 Å². The molecule has 1 fully saturated rings. The highest BCUT2D eigenvalue weighted by Gasteiger charge is 2.69. The van der Waals surface area contributed by atoms with E-state index in [1.165, 1.54) is 4.90 Å². The van der Waals surface area contributed by atoms with Crippen molar-refractivity contribution < 1.29 is 14.7 Å². The van der Waals surface area contributed by atoms with Crippen molar-refractivity contribution in [2.75, 3.05) is 11.4 Å². The number of hydrogen-bond acceptors (Lipinski definition) is 2. The Kier molecular flexibility index (Phi) is 3.36. The van der Waals surface area contributed by atoms with E-state index in [1.807, 2.05) is 6.07 Å². The van der Waals surface area contributed by atoms with Crippen molar-refractivity contribution in [1.29, 1.82) is 0 Å². The van der Waals surface area contributed by atoms with E-state index in [2.05, 4.69) is 27.7 Å². The molecule has 1 saturated carbocycles. The zero-order valence-electron chi connectivity index (χ0n) is 12.4. The minimum atomic E-state index is -1.00. The maximum absolute atomic E-state index is 12.7. The molecule has 0 radical (unpaired) electrons. The Morgan fingerprint density at radius 3 is 2.00 bits per heavy atom. The number of nitrogens with zero attached hydrogens (tertiary/aromatic N) is 1. The third-order valence-corrected chi connectivity index (χ3v) is 4.89. The van der Waals surface area contributed by atoms with Gasteiger partial charge in [0, 0.05) is 11.6 Å². The van der Waals surface area contributed by atoms with Crippen LogP contribution in [0.5, 0.6) is 0 Å². The van der Waals surface area contributed by atoms with Gasteiger partial charge in [-0.05, 0) is 23.0 Å². The van der Waals surface area contributed by atoms with Gasteiger partial charge in [-0.3, -0.25) is 9.59 Å². The quantitative estimate of drug-likeness (QED) is 0.919. The highest BCUT2D eigenvalue weighted by Crippen LogP contribution is 2.68. The maximum atomic E-state index is 12.7. The van der Waals surface area contributed by atoms with Gasteiger partial charge in [0.2, 0.25) is 5.91 Å². The summed E-state index contributed by atoms with van der Waals surface area (Å²) in [6.07, 6.45) is 0. The summed E-state index contributed by atoms with van der Waals surface area (Å²) in [6.45, 7) is 7.92. The number of rotatable bonds is 4. The Balaban J connectivity index is 2.30. The van der Waals surface area contributed by atoms with E-state index in [-0.39, 0.29) is 29.2 Å². The van der Waals surface area contributed by atoms with E-state index in [0.717, 1.165) is 0 Å². The number of carbonyl (C=O) groups is 2. The van der Waals surface area contributed by atoms with Crippen molar-refractivity contribution >= 4 is 17.6 Å². The number of amides is 1. The van der Waals surface area contributed by atoms with Crippen LogP contribution in [0, 0.1) is 16.7 Å². The second kappa shape index (κ2) is 4.62. The van der Waals surface area contributed by atoms with Crippen LogP contribution in [-0.4, -0.2) is 23.5 Å². The molecule has 1 N–H and O–H groups in total. The largest absolute Gasteiger partial charge is 0.480 e. The first-order valence-corrected chi connectivity index (χ1v) is 6.78. The third-order valence-electron chi connectivity index (χ3n) is 4.89. The Bertz CT molecular complexity index is 520. The van der Waals surface area contributed by atoms with Crippen LogP contribution in [-0.2, 0) is 9.59 Å². The average molecular weight is 275 g/mol. The topological polar surface area (TPSA) is 57.6 Å². The smallest absolute Gasteiger partial charge is 0.323 e. The Morgan fingerprint density at radius 2 is 1.60 bits per heavy atom. The maximum Gasteiger partial charge on any atom is 0.323 e. The number of carboxylic acid groups (broad SMARTS) is 1. The van der Waals surface area contributed by atoms with Crippen LogP contribution in [0.2, 0.25) is 0 Å². The molecule has 2 rings (SSSR count). The normalized spacial score (nSPS) is 19.4. The van der Waals surface area contributed by atoms with Gasteiger partial charge in [-0.2, -0.15) is 0 Å². The summed E-state index contributed by atoms with van der Waals surface area (Å²) in [5, 5.41) is 9.06. The van der Waals surface area contributed by atoms with Gasteiger partial charge in [0.25, 0.3) is 0 Å². The molecule has 108 valence electrons. The first-order valence-electron chi connectivity index (χ1n) is 6.78. The van der Waals surface area contributed by atoms with Gasteiger partial charge in [-0.1, -0.05) is 45.9 Å². The molecule has 0 aromatic heterocycles. The van der Waals surface area contributed by atoms with Crippen molar-refractivity contribution in [3.8, 4) is 0 Å². The fourth-order valence-electron chi connectivity index (χ4n) is 3.01. The monoisotopic (exact) mass is 275 g/mol. The van der Waals surface area contributed by atoms with Crippen LogP contribution in [0.4, 0.5) is 5.69 Å². The molecular weight excluding hydrogens is 254 g/mol. The average Bonchev–Trinajstić information content (AvgIpc) is 2.77. The van der Waals surface area contributed by atoms with Gasteiger partial charge >= 0.3 is 5.97 Å². The molecule has 0 heterocycles. The molecule has 0 unspecified atom stereocenters. The van der Waals surface area contributed by atoms with Gasteiger partial charge in [0.05, 0.1) is 0 Å². The summed E-state index contributed by atoms with van der Waals surface area (Å²) < 4.78 is 0.